The Hall–Kier alpha value is -9.33. The maximum absolute atomic E-state index is 14.5. The van der Waals surface area contributed by atoms with Crippen molar-refractivity contribution in [3.05, 3.63) is 251 Å². The van der Waals surface area contributed by atoms with E-state index in [1.165, 1.54) is 79.7 Å². The molecule has 2 aliphatic heterocycles. The molecule has 0 aliphatic carbocycles. The average Bonchev–Trinajstić information content (AvgIpc) is 3.98. The summed E-state index contributed by atoms with van der Waals surface area (Å²) >= 11 is 0. The molecule has 0 spiro atoms. The molecule has 18 nitrogen and oxygen atoms in total. The van der Waals surface area contributed by atoms with Crippen LogP contribution < -0.4 is 5.32 Å². The fraction of sp³-hybridized carbons (Fsp3) is 0.222. The first-order chi connectivity index (χ1) is 39.5. The van der Waals surface area contributed by atoms with Crippen LogP contribution in [0.4, 0.5) is 0 Å². The lowest BCUT2D eigenvalue weighted by atomic mass is 9.95. The predicted octanol–water partition coefficient (Wildman–Crippen LogP) is 8.16. The van der Waals surface area contributed by atoms with Crippen LogP contribution in [0.1, 0.15) is 74.6 Å². The summed E-state index contributed by atoms with van der Waals surface area (Å²) in [5.74, 6) is -5.94. The third-order valence-electron chi connectivity index (χ3n) is 12.9. The van der Waals surface area contributed by atoms with Crippen molar-refractivity contribution in [3.8, 4) is 0 Å². The van der Waals surface area contributed by atoms with Gasteiger partial charge in [-0.2, -0.15) is 0 Å². The van der Waals surface area contributed by atoms with Gasteiger partial charge in [0.25, 0.3) is 0 Å². The summed E-state index contributed by atoms with van der Waals surface area (Å²) in [7, 11) is 0. The highest BCUT2D eigenvalue weighted by Crippen LogP contribution is 2.37. The lowest BCUT2D eigenvalue weighted by molar-refractivity contribution is -0.309. The molecule has 2 fully saturated rings. The Morgan fingerprint density at radius 1 is 0.432 bits per heavy atom. The molecule has 0 radical (unpaired) electrons. The molecule has 0 unspecified atom stereocenters. The van der Waals surface area contributed by atoms with Crippen LogP contribution in [0.5, 0.6) is 0 Å². The number of nitrogens with one attached hydrogen (secondary N) is 1. The molecular weight excluding hydrogens is 1040 g/mol. The van der Waals surface area contributed by atoms with Gasteiger partial charge in [0.2, 0.25) is 5.91 Å². The van der Waals surface area contributed by atoms with Gasteiger partial charge in [-0.3, -0.25) is 4.79 Å². The van der Waals surface area contributed by atoms with E-state index in [4.69, 9.17) is 47.4 Å². The summed E-state index contributed by atoms with van der Waals surface area (Å²) in [6.45, 7) is -0.208. The van der Waals surface area contributed by atoms with Crippen LogP contribution in [0.2, 0.25) is 0 Å². The van der Waals surface area contributed by atoms with Crippen molar-refractivity contribution in [3.63, 3.8) is 0 Å². The zero-order valence-corrected chi connectivity index (χ0v) is 43.5. The summed E-state index contributed by atoms with van der Waals surface area (Å²) < 4.78 is 63.6. The van der Waals surface area contributed by atoms with Gasteiger partial charge in [0.05, 0.1) is 40.0 Å². The largest absolute Gasteiger partial charge is 0.459 e. The summed E-state index contributed by atoms with van der Waals surface area (Å²) in [5.41, 5.74) is 1.29. The number of ether oxygens (including phenoxy) is 10. The van der Waals surface area contributed by atoms with E-state index in [0.717, 1.165) is 0 Å². The van der Waals surface area contributed by atoms with Crippen molar-refractivity contribution in [2.75, 3.05) is 13.2 Å². The van der Waals surface area contributed by atoms with Gasteiger partial charge < -0.3 is 52.7 Å². The van der Waals surface area contributed by atoms with E-state index >= 15 is 0 Å². The molecule has 0 saturated carbocycles. The third kappa shape index (κ3) is 14.9. The van der Waals surface area contributed by atoms with E-state index in [1.807, 2.05) is 6.07 Å². The van der Waals surface area contributed by atoms with Crippen molar-refractivity contribution in [2.24, 2.45) is 0 Å². The molecule has 7 aromatic carbocycles. The summed E-state index contributed by atoms with van der Waals surface area (Å²) in [4.78, 5) is 98.2. The molecule has 7 aromatic rings. The van der Waals surface area contributed by atoms with Gasteiger partial charge in [0.15, 0.2) is 37.0 Å². The fourth-order valence-electron chi connectivity index (χ4n) is 9.00. The number of hydrogen-bond acceptors (Lipinski definition) is 17. The number of esters is 6. The minimum absolute atomic E-state index is 0.0437. The van der Waals surface area contributed by atoms with Gasteiger partial charge in [-0.15, -0.1) is 0 Å². The first-order valence-corrected chi connectivity index (χ1v) is 25.9. The van der Waals surface area contributed by atoms with Crippen LogP contribution in [-0.2, 0) is 58.8 Å². The molecule has 2 heterocycles. The van der Waals surface area contributed by atoms with Gasteiger partial charge in [-0.1, -0.05) is 140 Å². The van der Waals surface area contributed by atoms with E-state index in [1.54, 1.807) is 133 Å². The van der Waals surface area contributed by atoms with E-state index in [2.05, 4.69) is 5.32 Å². The first kappa shape index (κ1) is 56.4. The molecule has 1 N–H and O–H groups in total. The number of benzene rings is 7. The summed E-state index contributed by atoms with van der Waals surface area (Å²) in [6, 6.07) is 55.1. The zero-order chi connectivity index (χ0) is 56.5. The lowest BCUT2D eigenvalue weighted by Gasteiger charge is -2.46. The molecule has 9 rings (SSSR count). The van der Waals surface area contributed by atoms with Crippen molar-refractivity contribution in [1.29, 1.82) is 0 Å². The molecule has 18 heteroatoms. The van der Waals surface area contributed by atoms with Gasteiger partial charge >= 0.3 is 35.8 Å². The minimum Gasteiger partial charge on any atom is -0.459 e. The molecule has 2 aliphatic rings. The van der Waals surface area contributed by atoms with Crippen LogP contribution in [0, 0.1) is 0 Å². The van der Waals surface area contributed by atoms with Crippen LogP contribution in [0.25, 0.3) is 0 Å². The topological polar surface area (TPSA) is 224 Å². The summed E-state index contributed by atoms with van der Waals surface area (Å²) in [6.07, 6.45) is -15.2. The van der Waals surface area contributed by atoms with E-state index in [9.17, 15) is 33.6 Å². The highest BCUT2D eigenvalue weighted by atomic mass is 16.8. The second-order valence-electron chi connectivity index (χ2n) is 18.6. The second kappa shape index (κ2) is 27.5. The van der Waals surface area contributed by atoms with E-state index < -0.39 is 116 Å². The SMILES string of the molecule is CC(=O)N[C@H]1[C@@H](OCc2ccccc2)O[C@H](COC(=O)c2ccccc2)[C@@H](O[C@@H]2O[C@@H]([C@H](COC(=O)c3ccccc3)OC(=O)c3ccccc3)[C@H](OC(=O)c3ccccc3)[C@H]2OC(=O)c2ccccc2)[C@@H]1OC(=O)c1ccccc1. The number of hydrogen-bond donors (Lipinski definition) is 1. The molecule has 1 amide bonds. The quantitative estimate of drug-likeness (QED) is 0.0529. The molecule has 0 aromatic heterocycles. The average molecular weight is 1100 g/mol. The van der Waals surface area contributed by atoms with Gasteiger partial charge in [-0.05, 0) is 78.4 Å². The molecule has 81 heavy (non-hydrogen) atoms. The summed E-state index contributed by atoms with van der Waals surface area (Å²) in [5, 5.41) is 2.81. The molecule has 10 atom stereocenters. The number of amides is 1. The normalized spacial score (nSPS) is 21.5. The van der Waals surface area contributed by atoms with Crippen molar-refractivity contribution < 1.29 is 80.9 Å². The Bertz CT molecular complexity index is 3210. The Morgan fingerprint density at radius 3 is 1.28 bits per heavy atom. The monoisotopic (exact) mass is 1100 g/mol. The fourth-order valence-corrected chi connectivity index (χ4v) is 9.00. The molecular formula is C63H55NO17. The van der Waals surface area contributed by atoms with E-state index in [0.29, 0.717) is 5.56 Å². The van der Waals surface area contributed by atoms with Crippen LogP contribution in [-0.4, -0.2) is 116 Å². The van der Waals surface area contributed by atoms with Crippen molar-refractivity contribution in [2.45, 2.75) is 74.9 Å². The Labute approximate surface area is 465 Å². The van der Waals surface area contributed by atoms with Crippen LogP contribution >= 0.6 is 0 Å². The van der Waals surface area contributed by atoms with Crippen LogP contribution in [0.3, 0.4) is 0 Å². The molecule has 0 bridgehead atoms. The maximum atomic E-state index is 14.5. The van der Waals surface area contributed by atoms with Crippen molar-refractivity contribution >= 4 is 41.7 Å². The third-order valence-corrected chi connectivity index (χ3v) is 12.9. The highest BCUT2D eigenvalue weighted by Gasteiger charge is 2.59. The zero-order valence-electron chi connectivity index (χ0n) is 43.5. The van der Waals surface area contributed by atoms with Gasteiger partial charge in [0.1, 0.15) is 37.6 Å². The van der Waals surface area contributed by atoms with Gasteiger partial charge in [0, 0.05) is 6.92 Å². The van der Waals surface area contributed by atoms with Crippen LogP contribution in [0.15, 0.2) is 212 Å². The van der Waals surface area contributed by atoms with E-state index in [-0.39, 0.29) is 40.0 Å². The lowest BCUT2D eigenvalue weighted by Crippen LogP contribution is -2.67. The Balaban J connectivity index is 1.17. The van der Waals surface area contributed by atoms with Gasteiger partial charge in [-0.25, -0.2) is 28.8 Å². The Kier molecular flexibility index (Phi) is 19.2. The number of carbonyl (C=O) groups is 7. The smallest absolute Gasteiger partial charge is 0.338 e. The number of carbonyl (C=O) groups excluding carboxylic acids is 7. The second-order valence-corrected chi connectivity index (χ2v) is 18.6. The van der Waals surface area contributed by atoms with Crippen molar-refractivity contribution in [1.82, 2.24) is 5.32 Å². The Morgan fingerprint density at radius 2 is 0.827 bits per heavy atom. The maximum Gasteiger partial charge on any atom is 0.338 e. The molecule has 2 saturated heterocycles. The minimum atomic E-state index is -1.93. The standard InChI is InChI=1S/C63H55NO17/c1-40(65)64-50-53(77-59(69)45-31-17-6-18-32-45)51(49(39-73-57(67)43-27-13-4-14-28-43)76-62(50)74-37-41-23-9-2-10-24-41)80-63-55(79-61(71)47-35-21-8-22-36-47)54(78-60(70)46-33-19-7-20-34-46)52(81-63)48(75-58(68)44-29-15-5-16-30-44)38-72-56(66)42-25-11-3-12-26-42/h2-36,48-55,62-63H,37-39H2,1H3,(H,64,65)/t48-,49+,50+,51+,52-,53+,54-,55+,62-,63+/m0/s1. The first-order valence-electron chi connectivity index (χ1n) is 25.9. The predicted molar refractivity (Wildman–Crippen MR) is 287 cm³/mol. The molecule has 414 valence electrons. The number of rotatable bonds is 21. The highest BCUT2D eigenvalue weighted by molar-refractivity contribution is 5.92.